The standard InChI is InChI=1S/C18H30N4O3.ClH/c1-19-17(14-11-20-21(2)12-14)18(23)22-8-6-15(7-9-22)25-13-16-5-3-4-10-24-16;/h11-12,15-17,19H,3-10,13H2,1-2H3;1H. The highest BCUT2D eigenvalue weighted by atomic mass is 35.5. The number of piperidine rings is 1. The Morgan fingerprint density at radius 2 is 2.15 bits per heavy atom. The maximum atomic E-state index is 12.8. The minimum atomic E-state index is -0.332. The molecule has 0 bridgehead atoms. The molecule has 1 aromatic heterocycles. The zero-order valence-electron chi connectivity index (χ0n) is 15.7. The van der Waals surface area contributed by atoms with Crippen molar-refractivity contribution >= 4 is 18.3 Å². The fourth-order valence-corrected chi connectivity index (χ4v) is 3.63. The van der Waals surface area contributed by atoms with Crippen molar-refractivity contribution in [2.45, 2.75) is 50.4 Å². The molecule has 148 valence electrons. The Hall–Kier alpha value is -1.15. The third-order valence-corrected chi connectivity index (χ3v) is 5.14. The smallest absolute Gasteiger partial charge is 0.244 e. The number of hydrogen-bond donors (Lipinski definition) is 1. The lowest BCUT2D eigenvalue weighted by molar-refractivity contribution is -0.137. The number of aryl methyl sites for hydroxylation is 1. The second kappa shape index (κ2) is 10.3. The van der Waals surface area contributed by atoms with E-state index in [2.05, 4.69) is 10.4 Å². The van der Waals surface area contributed by atoms with E-state index in [0.29, 0.717) is 6.61 Å². The van der Waals surface area contributed by atoms with Crippen LogP contribution in [0.4, 0.5) is 0 Å². The van der Waals surface area contributed by atoms with Crippen LogP contribution < -0.4 is 5.32 Å². The van der Waals surface area contributed by atoms with Gasteiger partial charge in [-0.2, -0.15) is 5.10 Å². The molecule has 0 aromatic carbocycles. The predicted molar refractivity (Wildman–Crippen MR) is 101 cm³/mol. The normalized spacial score (nSPS) is 22.7. The number of likely N-dealkylation sites (N-methyl/N-ethyl adjacent to an activating group) is 1. The number of aromatic nitrogens is 2. The van der Waals surface area contributed by atoms with Gasteiger partial charge in [-0.3, -0.25) is 9.48 Å². The van der Waals surface area contributed by atoms with Gasteiger partial charge in [0.25, 0.3) is 0 Å². The Kier molecular flexibility index (Phi) is 8.34. The number of carbonyl (C=O) groups is 1. The summed E-state index contributed by atoms with van der Waals surface area (Å²) in [6.07, 6.45) is 9.42. The first-order chi connectivity index (χ1) is 12.2. The molecule has 2 fully saturated rings. The van der Waals surface area contributed by atoms with E-state index in [0.717, 1.165) is 44.5 Å². The van der Waals surface area contributed by atoms with Crippen LogP contribution in [0.15, 0.2) is 12.4 Å². The molecular weight excluding hydrogens is 356 g/mol. The number of likely N-dealkylation sites (tertiary alicyclic amines) is 1. The highest BCUT2D eigenvalue weighted by Crippen LogP contribution is 2.21. The van der Waals surface area contributed by atoms with Crippen molar-refractivity contribution in [2.24, 2.45) is 7.05 Å². The summed E-state index contributed by atoms with van der Waals surface area (Å²) < 4.78 is 13.5. The molecule has 0 spiro atoms. The Morgan fingerprint density at radius 1 is 1.38 bits per heavy atom. The lowest BCUT2D eigenvalue weighted by Crippen LogP contribution is -2.45. The van der Waals surface area contributed by atoms with Gasteiger partial charge in [0.05, 0.1) is 25.0 Å². The van der Waals surface area contributed by atoms with Gasteiger partial charge in [0, 0.05) is 38.5 Å². The number of carbonyl (C=O) groups excluding carboxylic acids is 1. The van der Waals surface area contributed by atoms with Crippen molar-refractivity contribution in [1.82, 2.24) is 20.0 Å². The third-order valence-electron chi connectivity index (χ3n) is 5.14. The molecular formula is C18H31ClN4O3. The first-order valence-corrected chi connectivity index (χ1v) is 9.35. The van der Waals surface area contributed by atoms with Crippen molar-refractivity contribution in [1.29, 1.82) is 0 Å². The Labute approximate surface area is 161 Å². The summed E-state index contributed by atoms with van der Waals surface area (Å²) in [6.45, 7) is 3.04. The molecule has 2 saturated heterocycles. The van der Waals surface area contributed by atoms with Crippen molar-refractivity contribution in [3.05, 3.63) is 18.0 Å². The van der Waals surface area contributed by atoms with Gasteiger partial charge in [-0.15, -0.1) is 12.4 Å². The minimum Gasteiger partial charge on any atom is -0.376 e. The Bertz CT molecular complexity index is 554. The van der Waals surface area contributed by atoms with Gasteiger partial charge in [0.15, 0.2) is 0 Å². The molecule has 0 saturated carbocycles. The zero-order valence-corrected chi connectivity index (χ0v) is 16.5. The summed E-state index contributed by atoms with van der Waals surface area (Å²) in [5, 5.41) is 7.28. The van der Waals surface area contributed by atoms with Gasteiger partial charge in [0.1, 0.15) is 6.04 Å². The van der Waals surface area contributed by atoms with Gasteiger partial charge in [-0.1, -0.05) is 0 Å². The van der Waals surface area contributed by atoms with Gasteiger partial charge in [0.2, 0.25) is 5.91 Å². The van der Waals surface area contributed by atoms with E-state index in [9.17, 15) is 4.79 Å². The van der Waals surface area contributed by atoms with Crippen LogP contribution >= 0.6 is 12.4 Å². The maximum absolute atomic E-state index is 12.8. The van der Waals surface area contributed by atoms with Crippen LogP contribution in [0.25, 0.3) is 0 Å². The van der Waals surface area contributed by atoms with Gasteiger partial charge in [-0.25, -0.2) is 0 Å². The van der Waals surface area contributed by atoms with Crippen LogP contribution in [-0.2, 0) is 21.3 Å². The van der Waals surface area contributed by atoms with E-state index in [4.69, 9.17) is 9.47 Å². The van der Waals surface area contributed by atoms with Crippen molar-refractivity contribution in [3.8, 4) is 0 Å². The maximum Gasteiger partial charge on any atom is 0.244 e. The van der Waals surface area contributed by atoms with E-state index in [1.165, 1.54) is 12.8 Å². The predicted octanol–water partition coefficient (Wildman–Crippen LogP) is 1.68. The third kappa shape index (κ3) is 5.42. The summed E-state index contributed by atoms with van der Waals surface area (Å²) in [7, 11) is 3.68. The average Bonchev–Trinajstić information content (AvgIpc) is 3.08. The van der Waals surface area contributed by atoms with Gasteiger partial charge >= 0.3 is 0 Å². The van der Waals surface area contributed by atoms with E-state index in [1.807, 2.05) is 25.2 Å². The number of ether oxygens (including phenoxy) is 2. The molecule has 3 rings (SSSR count). The number of rotatable bonds is 6. The van der Waals surface area contributed by atoms with Gasteiger partial charge in [-0.05, 0) is 39.2 Å². The van der Waals surface area contributed by atoms with E-state index in [1.54, 1.807) is 10.9 Å². The highest BCUT2D eigenvalue weighted by Gasteiger charge is 2.29. The summed E-state index contributed by atoms with van der Waals surface area (Å²) in [6, 6.07) is -0.332. The quantitative estimate of drug-likeness (QED) is 0.805. The minimum absolute atomic E-state index is 0. The lowest BCUT2D eigenvalue weighted by Gasteiger charge is -2.34. The number of nitrogens with one attached hydrogen (secondary N) is 1. The molecule has 7 nitrogen and oxygen atoms in total. The molecule has 0 radical (unpaired) electrons. The second-order valence-electron chi connectivity index (χ2n) is 7.02. The Morgan fingerprint density at radius 3 is 2.73 bits per heavy atom. The van der Waals surface area contributed by atoms with Crippen LogP contribution in [0.3, 0.4) is 0 Å². The SMILES string of the molecule is CNC(C(=O)N1CCC(OCC2CCCCO2)CC1)c1cnn(C)c1.Cl. The lowest BCUT2D eigenvalue weighted by atomic mass is 10.0. The first kappa shape index (κ1) is 21.2. The van der Waals surface area contributed by atoms with Gasteiger partial charge < -0.3 is 19.7 Å². The topological polar surface area (TPSA) is 68.6 Å². The number of hydrogen-bond acceptors (Lipinski definition) is 5. The van der Waals surface area contributed by atoms with E-state index in [-0.39, 0.29) is 36.6 Å². The molecule has 2 aliphatic heterocycles. The molecule has 1 amide bonds. The molecule has 3 heterocycles. The second-order valence-corrected chi connectivity index (χ2v) is 7.02. The Balaban J connectivity index is 0.00000243. The molecule has 26 heavy (non-hydrogen) atoms. The summed E-state index contributed by atoms with van der Waals surface area (Å²) in [5.74, 6) is 0.115. The number of halogens is 1. The van der Waals surface area contributed by atoms with Crippen LogP contribution in [0.1, 0.15) is 43.7 Å². The molecule has 2 unspecified atom stereocenters. The molecule has 1 N–H and O–H groups in total. The fraction of sp³-hybridized carbons (Fsp3) is 0.778. The zero-order chi connectivity index (χ0) is 17.6. The van der Waals surface area contributed by atoms with E-state index < -0.39 is 0 Å². The van der Waals surface area contributed by atoms with Crippen LogP contribution in [0, 0.1) is 0 Å². The van der Waals surface area contributed by atoms with Crippen molar-refractivity contribution in [2.75, 3.05) is 33.4 Å². The first-order valence-electron chi connectivity index (χ1n) is 9.35. The number of amides is 1. The average molecular weight is 387 g/mol. The van der Waals surface area contributed by atoms with Crippen LogP contribution in [0.2, 0.25) is 0 Å². The van der Waals surface area contributed by atoms with Crippen molar-refractivity contribution in [3.63, 3.8) is 0 Å². The van der Waals surface area contributed by atoms with E-state index >= 15 is 0 Å². The van der Waals surface area contributed by atoms with Crippen LogP contribution in [0.5, 0.6) is 0 Å². The number of nitrogens with zero attached hydrogens (tertiary/aromatic N) is 3. The molecule has 2 atom stereocenters. The van der Waals surface area contributed by atoms with Crippen LogP contribution in [-0.4, -0.2) is 66.1 Å². The monoisotopic (exact) mass is 386 g/mol. The molecule has 2 aliphatic rings. The summed E-state index contributed by atoms with van der Waals surface area (Å²) >= 11 is 0. The largest absolute Gasteiger partial charge is 0.376 e. The summed E-state index contributed by atoms with van der Waals surface area (Å²) in [5.41, 5.74) is 0.905. The fourth-order valence-electron chi connectivity index (χ4n) is 3.63. The molecule has 8 heteroatoms. The van der Waals surface area contributed by atoms with Crippen molar-refractivity contribution < 1.29 is 14.3 Å². The highest BCUT2D eigenvalue weighted by molar-refractivity contribution is 5.85. The molecule has 1 aromatic rings. The summed E-state index contributed by atoms with van der Waals surface area (Å²) in [4.78, 5) is 14.8. The molecule has 0 aliphatic carbocycles.